The van der Waals surface area contributed by atoms with E-state index in [1.807, 2.05) is 11.8 Å². The SMILES string of the molecule is CCCCC(CC)CN(CC)c1ccc(C2=C(O)/C(=C3\C=CC(N(CC)CCOC)=CC3=O)C(=O)C2=O)c(O)c1. The predicted molar refractivity (Wildman–Crippen MR) is 157 cm³/mol. The Kier molecular flexibility index (Phi) is 10.9. The van der Waals surface area contributed by atoms with Crippen molar-refractivity contribution in [3.8, 4) is 5.75 Å². The minimum atomic E-state index is -0.968. The maximum absolute atomic E-state index is 13.0. The number of rotatable bonds is 14. The molecular weight excluding hydrogens is 508 g/mol. The minimum Gasteiger partial charge on any atom is -0.507 e. The van der Waals surface area contributed by atoms with Crippen molar-refractivity contribution in [1.82, 2.24) is 4.90 Å². The van der Waals surface area contributed by atoms with Crippen molar-refractivity contribution in [2.75, 3.05) is 44.8 Å². The number of phenols is 1. The van der Waals surface area contributed by atoms with Gasteiger partial charge in [-0.3, -0.25) is 14.4 Å². The fraction of sp³-hybridized carbons (Fsp3) is 0.469. The fourth-order valence-electron chi connectivity index (χ4n) is 5.23. The Morgan fingerprint density at radius 1 is 0.925 bits per heavy atom. The zero-order chi connectivity index (χ0) is 29.4. The second kappa shape index (κ2) is 14.1. The van der Waals surface area contributed by atoms with E-state index in [-0.39, 0.29) is 28.0 Å². The van der Waals surface area contributed by atoms with Gasteiger partial charge in [0.1, 0.15) is 11.5 Å². The van der Waals surface area contributed by atoms with Crippen LogP contribution in [0.2, 0.25) is 0 Å². The quantitative estimate of drug-likeness (QED) is 0.242. The van der Waals surface area contributed by atoms with Crippen molar-refractivity contribution in [1.29, 1.82) is 0 Å². The molecule has 216 valence electrons. The van der Waals surface area contributed by atoms with Gasteiger partial charge in [0.25, 0.3) is 0 Å². The second-order valence-corrected chi connectivity index (χ2v) is 10.2. The number of benzene rings is 1. The second-order valence-electron chi connectivity index (χ2n) is 10.2. The topological polar surface area (TPSA) is 107 Å². The highest BCUT2D eigenvalue weighted by Crippen LogP contribution is 2.39. The zero-order valence-corrected chi connectivity index (χ0v) is 24.3. The lowest BCUT2D eigenvalue weighted by molar-refractivity contribution is -0.130. The maximum atomic E-state index is 13.0. The smallest absolute Gasteiger partial charge is 0.238 e. The Bertz CT molecular complexity index is 1260. The molecule has 2 aliphatic rings. The lowest BCUT2D eigenvalue weighted by atomic mass is 9.96. The van der Waals surface area contributed by atoms with Gasteiger partial charge >= 0.3 is 0 Å². The van der Waals surface area contributed by atoms with Gasteiger partial charge < -0.3 is 24.7 Å². The molecule has 0 spiro atoms. The molecule has 0 radical (unpaired) electrons. The van der Waals surface area contributed by atoms with Crippen LogP contribution in [0, 0.1) is 5.92 Å². The lowest BCUT2D eigenvalue weighted by Gasteiger charge is -2.28. The van der Waals surface area contributed by atoms with Crippen molar-refractivity contribution < 1.29 is 29.3 Å². The summed E-state index contributed by atoms with van der Waals surface area (Å²) in [6, 6.07) is 4.90. The molecular formula is C32H42N2O6. The maximum Gasteiger partial charge on any atom is 0.238 e. The Balaban J connectivity index is 1.93. The number of Topliss-reactive ketones (excluding diaryl/α,β-unsaturated/α-hetero) is 2. The van der Waals surface area contributed by atoms with E-state index >= 15 is 0 Å². The number of nitrogens with zero attached hydrogens (tertiary/aromatic N) is 2. The van der Waals surface area contributed by atoms with Gasteiger partial charge in [0.15, 0.2) is 5.78 Å². The number of ketones is 3. The number of aromatic hydroxyl groups is 1. The highest BCUT2D eigenvalue weighted by Gasteiger charge is 2.41. The van der Waals surface area contributed by atoms with Crippen LogP contribution in [0.3, 0.4) is 0 Å². The summed E-state index contributed by atoms with van der Waals surface area (Å²) in [7, 11) is 1.60. The number of aliphatic hydroxyl groups excluding tert-OH is 1. The summed E-state index contributed by atoms with van der Waals surface area (Å²) in [5.41, 5.74) is 0.833. The van der Waals surface area contributed by atoms with Gasteiger partial charge in [0.05, 0.1) is 17.8 Å². The molecule has 8 nitrogen and oxygen atoms in total. The van der Waals surface area contributed by atoms with Gasteiger partial charge in [0.2, 0.25) is 11.6 Å². The molecule has 0 aliphatic heterocycles. The Hall–Kier alpha value is -3.65. The van der Waals surface area contributed by atoms with Gasteiger partial charge in [-0.05, 0) is 50.5 Å². The summed E-state index contributed by atoms with van der Waals surface area (Å²) < 4.78 is 5.13. The summed E-state index contributed by atoms with van der Waals surface area (Å²) in [4.78, 5) is 43.2. The highest BCUT2D eigenvalue weighted by atomic mass is 16.5. The first-order valence-corrected chi connectivity index (χ1v) is 14.2. The van der Waals surface area contributed by atoms with Crippen LogP contribution in [0.5, 0.6) is 5.75 Å². The molecule has 0 bridgehead atoms. The number of carbonyl (C=O) groups is 3. The fourth-order valence-corrected chi connectivity index (χ4v) is 5.23. The van der Waals surface area contributed by atoms with Crippen molar-refractivity contribution in [2.24, 2.45) is 5.92 Å². The molecule has 40 heavy (non-hydrogen) atoms. The molecule has 1 atom stereocenters. The van der Waals surface area contributed by atoms with Crippen LogP contribution in [-0.2, 0) is 19.1 Å². The highest BCUT2D eigenvalue weighted by molar-refractivity contribution is 6.63. The number of unbranched alkanes of at least 4 members (excludes halogenated alkanes) is 1. The molecule has 0 saturated heterocycles. The molecule has 0 saturated carbocycles. The first kappa shape index (κ1) is 30.9. The average molecular weight is 551 g/mol. The van der Waals surface area contributed by atoms with E-state index in [1.165, 1.54) is 18.6 Å². The van der Waals surface area contributed by atoms with Gasteiger partial charge in [-0.2, -0.15) is 0 Å². The first-order chi connectivity index (χ1) is 19.2. The monoisotopic (exact) mass is 550 g/mol. The van der Waals surface area contributed by atoms with Crippen LogP contribution in [0.4, 0.5) is 5.69 Å². The average Bonchev–Trinajstić information content (AvgIpc) is 3.16. The molecule has 2 N–H and O–H groups in total. The predicted octanol–water partition coefficient (Wildman–Crippen LogP) is 5.14. The van der Waals surface area contributed by atoms with Gasteiger partial charge in [-0.15, -0.1) is 0 Å². The largest absolute Gasteiger partial charge is 0.507 e. The summed E-state index contributed by atoms with van der Waals surface area (Å²) in [5, 5.41) is 22.0. The molecule has 1 aromatic carbocycles. The van der Waals surface area contributed by atoms with Crippen LogP contribution >= 0.6 is 0 Å². The van der Waals surface area contributed by atoms with Crippen molar-refractivity contribution in [2.45, 2.75) is 53.4 Å². The number of allylic oxidation sites excluding steroid dienone is 6. The number of aliphatic hydroxyl groups is 1. The number of hydrogen-bond donors (Lipinski definition) is 2. The van der Waals surface area contributed by atoms with Crippen molar-refractivity contribution in [3.05, 3.63) is 64.6 Å². The van der Waals surface area contributed by atoms with E-state index in [2.05, 4.69) is 25.7 Å². The zero-order valence-electron chi connectivity index (χ0n) is 24.3. The van der Waals surface area contributed by atoms with E-state index in [1.54, 1.807) is 31.4 Å². The Morgan fingerprint density at radius 3 is 2.20 bits per heavy atom. The first-order valence-electron chi connectivity index (χ1n) is 14.2. The number of anilines is 1. The van der Waals surface area contributed by atoms with E-state index < -0.39 is 23.1 Å². The van der Waals surface area contributed by atoms with Gasteiger partial charge in [-0.1, -0.05) is 33.1 Å². The number of ether oxygens (including phenoxy) is 1. The molecule has 0 heterocycles. The van der Waals surface area contributed by atoms with Crippen LogP contribution in [0.1, 0.15) is 58.9 Å². The summed E-state index contributed by atoms with van der Waals surface area (Å²) in [6.45, 7) is 11.7. The van der Waals surface area contributed by atoms with Crippen LogP contribution in [0.15, 0.2) is 59.0 Å². The molecule has 1 aromatic rings. The number of likely N-dealkylation sites (N-methyl/N-ethyl adjacent to an activating group) is 1. The van der Waals surface area contributed by atoms with Gasteiger partial charge in [0, 0.05) is 68.0 Å². The normalized spacial score (nSPS) is 18.0. The minimum absolute atomic E-state index is 0.0525. The molecule has 1 unspecified atom stereocenters. The van der Waals surface area contributed by atoms with E-state index in [4.69, 9.17) is 4.74 Å². The standard InChI is InChI=1S/C32H42N2O6/c1-6-10-11-21(7-2)20-34(9-4)23-13-15-25(27(36)19-23)29-30(37)28(31(38)32(29)39)24-14-12-22(18-26(24)35)33(8-3)16-17-40-5/h12-15,18-19,21,36-37H,6-11,16-17,20H2,1-5H3/b28-24-. The van der Waals surface area contributed by atoms with Gasteiger partial charge in [-0.25, -0.2) is 0 Å². The third-order valence-electron chi connectivity index (χ3n) is 7.70. The van der Waals surface area contributed by atoms with E-state index in [9.17, 15) is 24.6 Å². The summed E-state index contributed by atoms with van der Waals surface area (Å²) in [6.07, 6.45) is 9.03. The molecule has 0 amide bonds. The van der Waals surface area contributed by atoms with E-state index in [0.29, 0.717) is 31.3 Å². The van der Waals surface area contributed by atoms with Crippen molar-refractivity contribution >= 4 is 28.6 Å². The Morgan fingerprint density at radius 2 is 1.62 bits per heavy atom. The molecule has 0 aromatic heterocycles. The number of carbonyl (C=O) groups excluding carboxylic acids is 3. The Labute approximate surface area is 237 Å². The van der Waals surface area contributed by atoms with E-state index in [0.717, 1.165) is 38.0 Å². The van der Waals surface area contributed by atoms with Crippen LogP contribution in [0.25, 0.3) is 5.57 Å². The number of methoxy groups -OCH3 is 1. The third-order valence-corrected chi connectivity index (χ3v) is 7.70. The number of hydrogen-bond acceptors (Lipinski definition) is 8. The lowest BCUT2D eigenvalue weighted by Crippen LogP contribution is -2.29. The van der Waals surface area contributed by atoms with Crippen molar-refractivity contribution in [3.63, 3.8) is 0 Å². The third kappa shape index (κ3) is 6.55. The number of phenolic OH excluding ortho intramolecular Hbond substituents is 1. The summed E-state index contributed by atoms with van der Waals surface area (Å²) in [5.74, 6) is -2.68. The molecule has 8 heteroatoms. The van der Waals surface area contributed by atoms with Crippen LogP contribution < -0.4 is 4.90 Å². The summed E-state index contributed by atoms with van der Waals surface area (Å²) >= 11 is 0. The molecule has 0 fully saturated rings. The molecule has 2 aliphatic carbocycles. The van der Waals surface area contributed by atoms with Crippen LogP contribution in [-0.4, -0.2) is 72.4 Å². The molecule has 3 rings (SSSR count).